The van der Waals surface area contributed by atoms with Crippen molar-refractivity contribution in [3.63, 3.8) is 0 Å². The lowest BCUT2D eigenvalue weighted by atomic mass is 10.00. The molecule has 1 aromatic carbocycles. The molecule has 4 nitrogen and oxygen atoms in total. The molecule has 1 unspecified atom stereocenters. The normalized spacial score (nSPS) is 18.8. The molecule has 1 aliphatic heterocycles. The van der Waals surface area contributed by atoms with Crippen molar-refractivity contribution < 1.29 is 9.90 Å². The molecule has 2 N–H and O–H groups in total. The Balaban J connectivity index is 2.27. The lowest BCUT2D eigenvalue weighted by Gasteiger charge is -2.27. The van der Waals surface area contributed by atoms with Gasteiger partial charge in [-0.2, -0.15) is 0 Å². The maximum atomic E-state index is 11.6. The Morgan fingerprint density at radius 2 is 2.05 bits per heavy atom. The van der Waals surface area contributed by atoms with Crippen LogP contribution in [0.1, 0.15) is 29.2 Å². The Kier molecular flexibility index (Phi) is 4.56. The molecule has 1 saturated heterocycles. The molecule has 104 valence electrons. The van der Waals surface area contributed by atoms with E-state index in [-0.39, 0.29) is 0 Å². The maximum absolute atomic E-state index is 11.6. The SMILES string of the molecule is Cc1ccc(C(C(=O)O)N2CCCNCC2)cc1C. The van der Waals surface area contributed by atoms with Crippen molar-refractivity contribution in [2.24, 2.45) is 0 Å². The molecule has 0 aliphatic carbocycles. The third kappa shape index (κ3) is 3.33. The van der Waals surface area contributed by atoms with Gasteiger partial charge in [-0.05, 0) is 43.5 Å². The van der Waals surface area contributed by atoms with Crippen LogP contribution in [0, 0.1) is 13.8 Å². The van der Waals surface area contributed by atoms with Gasteiger partial charge in [-0.1, -0.05) is 18.2 Å². The average molecular weight is 262 g/mol. The number of carbonyl (C=O) groups is 1. The smallest absolute Gasteiger partial charge is 0.325 e. The summed E-state index contributed by atoms with van der Waals surface area (Å²) in [5, 5.41) is 12.9. The number of aliphatic carboxylic acids is 1. The number of nitrogens with one attached hydrogen (secondary N) is 1. The van der Waals surface area contributed by atoms with Gasteiger partial charge in [-0.3, -0.25) is 9.69 Å². The number of nitrogens with zero attached hydrogens (tertiary/aromatic N) is 1. The van der Waals surface area contributed by atoms with Gasteiger partial charge >= 0.3 is 5.97 Å². The highest BCUT2D eigenvalue weighted by molar-refractivity contribution is 5.75. The number of carboxylic acids is 1. The second-order valence-electron chi connectivity index (χ2n) is 5.22. The highest BCUT2D eigenvalue weighted by Gasteiger charge is 2.27. The van der Waals surface area contributed by atoms with Crippen LogP contribution < -0.4 is 5.32 Å². The number of hydrogen-bond donors (Lipinski definition) is 2. The molecule has 4 heteroatoms. The maximum Gasteiger partial charge on any atom is 0.325 e. The first-order valence-corrected chi connectivity index (χ1v) is 6.84. The predicted octanol–water partition coefficient (Wildman–Crippen LogP) is 1.72. The largest absolute Gasteiger partial charge is 0.480 e. The first-order chi connectivity index (χ1) is 9.09. The summed E-state index contributed by atoms with van der Waals surface area (Å²) in [6, 6.07) is 5.43. The van der Waals surface area contributed by atoms with Gasteiger partial charge in [0, 0.05) is 19.6 Å². The summed E-state index contributed by atoms with van der Waals surface area (Å²) in [5.74, 6) is -0.759. The number of carboxylic acid groups (broad SMARTS) is 1. The number of hydrogen-bond acceptors (Lipinski definition) is 3. The Morgan fingerprint density at radius 1 is 1.26 bits per heavy atom. The topological polar surface area (TPSA) is 52.6 Å². The molecule has 1 heterocycles. The van der Waals surface area contributed by atoms with E-state index in [9.17, 15) is 9.90 Å². The van der Waals surface area contributed by atoms with Crippen LogP contribution in [-0.2, 0) is 4.79 Å². The number of aryl methyl sites for hydroxylation is 2. The Morgan fingerprint density at radius 3 is 2.74 bits per heavy atom. The molecule has 0 amide bonds. The number of benzene rings is 1. The lowest BCUT2D eigenvalue weighted by Crippen LogP contribution is -2.36. The molecular formula is C15H22N2O2. The van der Waals surface area contributed by atoms with Gasteiger partial charge in [0.15, 0.2) is 0 Å². The standard InChI is InChI=1S/C15H22N2O2/c1-11-4-5-13(10-12(11)2)14(15(18)19)17-8-3-6-16-7-9-17/h4-5,10,14,16H,3,6-9H2,1-2H3,(H,18,19). The quantitative estimate of drug-likeness (QED) is 0.871. The van der Waals surface area contributed by atoms with Crippen LogP contribution in [0.3, 0.4) is 0 Å². The summed E-state index contributed by atoms with van der Waals surface area (Å²) in [7, 11) is 0. The first-order valence-electron chi connectivity index (χ1n) is 6.84. The highest BCUT2D eigenvalue weighted by Crippen LogP contribution is 2.24. The zero-order valence-electron chi connectivity index (χ0n) is 11.6. The van der Waals surface area contributed by atoms with Crippen molar-refractivity contribution in [1.82, 2.24) is 10.2 Å². The van der Waals surface area contributed by atoms with Crippen molar-refractivity contribution in [3.05, 3.63) is 34.9 Å². The molecule has 1 aromatic rings. The summed E-state index contributed by atoms with van der Waals surface area (Å²) in [5.41, 5.74) is 3.24. The minimum Gasteiger partial charge on any atom is -0.480 e. The summed E-state index contributed by atoms with van der Waals surface area (Å²) in [6.45, 7) is 7.51. The molecule has 1 fully saturated rings. The zero-order valence-corrected chi connectivity index (χ0v) is 11.6. The van der Waals surface area contributed by atoms with E-state index in [2.05, 4.69) is 10.2 Å². The van der Waals surface area contributed by atoms with Crippen molar-refractivity contribution in [2.45, 2.75) is 26.3 Å². The summed E-state index contributed by atoms with van der Waals surface area (Å²) >= 11 is 0. The second kappa shape index (κ2) is 6.17. The van der Waals surface area contributed by atoms with Crippen molar-refractivity contribution in [2.75, 3.05) is 26.2 Å². The third-order valence-electron chi connectivity index (χ3n) is 3.82. The fourth-order valence-corrected chi connectivity index (χ4v) is 2.57. The molecule has 0 spiro atoms. The molecule has 1 aliphatic rings. The highest BCUT2D eigenvalue weighted by atomic mass is 16.4. The third-order valence-corrected chi connectivity index (χ3v) is 3.82. The van der Waals surface area contributed by atoms with Crippen LogP contribution in [0.2, 0.25) is 0 Å². The van der Waals surface area contributed by atoms with E-state index in [1.807, 2.05) is 32.0 Å². The van der Waals surface area contributed by atoms with E-state index in [4.69, 9.17) is 0 Å². The van der Waals surface area contributed by atoms with Crippen LogP contribution in [0.15, 0.2) is 18.2 Å². The Labute approximate surface area is 114 Å². The second-order valence-corrected chi connectivity index (χ2v) is 5.22. The van der Waals surface area contributed by atoms with Crippen molar-refractivity contribution in [3.8, 4) is 0 Å². The van der Waals surface area contributed by atoms with Crippen LogP contribution >= 0.6 is 0 Å². The van der Waals surface area contributed by atoms with Crippen molar-refractivity contribution >= 4 is 5.97 Å². The van der Waals surface area contributed by atoms with Crippen LogP contribution in [-0.4, -0.2) is 42.2 Å². The molecular weight excluding hydrogens is 240 g/mol. The molecule has 19 heavy (non-hydrogen) atoms. The molecule has 2 rings (SSSR count). The monoisotopic (exact) mass is 262 g/mol. The lowest BCUT2D eigenvalue weighted by molar-refractivity contribution is -0.143. The fourth-order valence-electron chi connectivity index (χ4n) is 2.57. The van der Waals surface area contributed by atoms with Crippen LogP contribution in [0.4, 0.5) is 0 Å². The van der Waals surface area contributed by atoms with E-state index >= 15 is 0 Å². The van der Waals surface area contributed by atoms with Gasteiger partial charge in [0.25, 0.3) is 0 Å². The Bertz CT molecular complexity index is 451. The molecule has 0 bridgehead atoms. The van der Waals surface area contributed by atoms with Crippen molar-refractivity contribution in [1.29, 1.82) is 0 Å². The van der Waals surface area contributed by atoms with E-state index in [1.165, 1.54) is 5.56 Å². The molecule has 0 aromatic heterocycles. The van der Waals surface area contributed by atoms with E-state index < -0.39 is 12.0 Å². The fraction of sp³-hybridized carbons (Fsp3) is 0.533. The molecule has 0 radical (unpaired) electrons. The van der Waals surface area contributed by atoms with E-state index in [0.29, 0.717) is 0 Å². The van der Waals surface area contributed by atoms with Gasteiger partial charge in [0.1, 0.15) is 6.04 Å². The zero-order chi connectivity index (χ0) is 13.8. The minimum atomic E-state index is -0.759. The summed E-state index contributed by atoms with van der Waals surface area (Å²) in [6.07, 6.45) is 0.995. The average Bonchev–Trinajstić information content (AvgIpc) is 2.62. The summed E-state index contributed by atoms with van der Waals surface area (Å²) < 4.78 is 0. The molecule has 0 saturated carbocycles. The Hall–Kier alpha value is -1.39. The molecule has 1 atom stereocenters. The summed E-state index contributed by atoms with van der Waals surface area (Å²) in [4.78, 5) is 13.7. The van der Waals surface area contributed by atoms with Crippen LogP contribution in [0.5, 0.6) is 0 Å². The number of rotatable bonds is 3. The van der Waals surface area contributed by atoms with E-state index in [1.54, 1.807) is 0 Å². The van der Waals surface area contributed by atoms with Gasteiger partial charge in [-0.25, -0.2) is 0 Å². The first kappa shape index (κ1) is 14.0. The predicted molar refractivity (Wildman–Crippen MR) is 75.4 cm³/mol. The van der Waals surface area contributed by atoms with Crippen LogP contribution in [0.25, 0.3) is 0 Å². The van der Waals surface area contributed by atoms with Gasteiger partial charge in [-0.15, -0.1) is 0 Å². The van der Waals surface area contributed by atoms with E-state index in [0.717, 1.165) is 43.7 Å². The van der Waals surface area contributed by atoms with Gasteiger partial charge in [0.2, 0.25) is 0 Å². The minimum absolute atomic E-state index is 0.529. The van der Waals surface area contributed by atoms with Gasteiger partial charge in [0.05, 0.1) is 0 Å². The van der Waals surface area contributed by atoms with Gasteiger partial charge < -0.3 is 10.4 Å².